The lowest BCUT2D eigenvalue weighted by atomic mass is 9.81. The van der Waals surface area contributed by atoms with E-state index in [1.807, 2.05) is 0 Å². The molecular formula is C18H29NO. The van der Waals surface area contributed by atoms with Crippen molar-refractivity contribution in [1.29, 1.82) is 0 Å². The van der Waals surface area contributed by atoms with Crippen LogP contribution in [0.15, 0.2) is 30.3 Å². The molecule has 2 unspecified atom stereocenters. The van der Waals surface area contributed by atoms with E-state index in [-0.39, 0.29) is 0 Å². The molecule has 2 heteroatoms. The Morgan fingerprint density at radius 1 is 1.15 bits per heavy atom. The van der Waals surface area contributed by atoms with E-state index in [0.717, 1.165) is 18.9 Å². The summed E-state index contributed by atoms with van der Waals surface area (Å²) >= 11 is 0. The molecule has 0 heterocycles. The minimum absolute atomic E-state index is 0.502. The first-order valence-electron chi connectivity index (χ1n) is 8.11. The average Bonchev–Trinajstić information content (AvgIpc) is 2.52. The van der Waals surface area contributed by atoms with Crippen LogP contribution in [-0.2, 0) is 4.74 Å². The van der Waals surface area contributed by atoms with Gasteiger partial charge in [-0.25, -0.2) is 0 Å². The summed E-state index contributed by atoms with van der Waals surface area (Å²) in [4.78, 5) is 0. The summed E-state index contributed by atoms with van der Waals surface area (Å²) < 4.78 is 5.21. The maximum Gasteiger partial charge on any atom is 0.0476 e. The third kappa shape index (κ3) is 4.60. The number of hydrogen-bond donors (Lipinski definition) is 1. The van der Waals surface area contributed by atoms with Crippen LogP contribution < -0.4 is 5.32 Å². The summed E-state index contributed by atoms with van der Waals surface area (Å²) in [5.74, 6) is 0.788. The van der Waals surface area contributed by atoms with Crippen molar-refractivity contribution in [2.75, 3.05) is 13.7 Å². The fraction of sp³-hybridized carbons (Fsp3) is 0.667. The second-order valence-corrected chi connectivity index (χ2v) is 6.14. The van der Waals surface area contributed by atoms with E-state index in [4.69, 9.17) is 4.74 Å². The van der Waals surface area contributed by atoms with E-state index in [9.17, 15) is 0 Å². The van der Waals surface area contributed by atoms with Crippen LogP contribution in [0.3, 0.4) is 0 Å². The summed E-state index contributed by atoms with van der Waals surface area (Å²) in [6.45, 7) is 3.11. The van der Waals surface area contributed by atoms with Gasteiger partial charge in [-0.15, -0.1) is 0 Å². The third-order valence-electron chi connectivity index (χ3n) is 4.50. The molecule has 2 nitrogen and oxygen atoms in total. The Hall–Kier alpha value is -0.860. The van der Waals surface area contributed by atoms with Gasteiger partial charge in [-0.1, -0.05) is 49.6 Å². The zero-order chi connectivity index (χ0) is 14.2. The molecule has 112 valence electrons. The standard InChI is InChI=1S/C18H29NO/c1-15(13-14-20-2)19-18(16-9-5-3-6-10-16)17-11-7-4-8-12-17/h3,5-6,9-10,15,17-19H,4,7-8,11-14H2,1-2H3. The Morgan fingerprint density at radius 2 is 1.85 bits per heavy atom. The summed E-state index contributed by atoms with van der Waals surface area (Å²) in [5, 5.41) is 3.86. The van der Waals surface area contributed by atoms with Gasteiger partial charge in [-0.3, -0.25) is 0 Å². The Kier molecular flexibility index (Phi) is 6.55. The average molecular weight is 275 g/mol. The molecule has 0 spiro atoms. The fourth-order valence-electron chi connectivity index (χ4n) is 3.32. The Morgan fingerprint density at radius 3 is 2.50 bits per heavy atom. The maximum absolute atomic E-state index is 5.21. The second kappa shape index (κ2) is 8.43. The zero-order valence-electron chi connectivity index (χ0n) is 13.0. The highest BCUT2D eigenvalue weighted by atomic mass is 16.5. The number of benzene rings is 1. The molecule has 1 fully saturated rings. The Balaban J connectivity index is 2.03. The van der Waals surface area contributed by atoms with E-state index >= 15 is 0 Å². The highest BCUT2D eigenvalue weighted by Gasteiger charge is 2.25. The molecule has 1 aromatic rings. The predicted molar refractivity (Wildman–Crippen MR) is 84.8 cm³/mol. The number of rotatable bonds is 7. The highest BCUT2D eigenvalue weighted by molar-refractivity contribution is 5.20. The molecule has 1 aliphatic carbocycles. The van der Waals surface area contributed by atoms with E-state index in [0.29, 0.717) is 12.1 Å². The van der Waals surface area contributed by atoms with Crippen molar-refractivity contribution in [2.24, 2.45) is 5.92 Å². The maximum atomic E-state index is 5.21. The van der Waals surface area contributed by atoms with Crippen molar-refractivity contribution in [3.8, 4) is 0 Å². The number of ether oxygens (including phenoxy) is 1. The molecule has 0 aromatic heterocycles. The van der Waals surface area contributed by atoms with Crippen LogP contribution >= 0.6 is 0 Å². The molecule has 2 atom stereocenters. The van der Waals surface area contributed by atoms with Gasteiger partial charge in [0, 0.05) is 25.8 Å². The number of methoxy groups -OCH3 is 1. The molecule has 1 N–H and O–H groups in total. The highest BCUT2D eigenvalue weighted by Crippen LogP contribution is 2.34. The number of nitrogens with one attached hydrogen (secondary N) is 1. The summed E-state index contributed by atoms with van der Waals surface area (Å²) in [6, 6.07) is 12.0. The van der Waals surface area contributed by atoms with E-state index in [1.165, 1.54) is 37.7 Å². The topological polar surface area (TPSA) is 21.3 Å². The van der Waals surface area contributed by atoms with Gasteiger partial charge in [0.2, 0.25) is 0 Å². The van der Waals surface area contributed by atoms with Crippen molar-refractivity contribution >= 4 is 0 Å². The lowest BCUT2D eigenvalue weighted by Crippen LogP contribution is -2.36. The molecular weight excluding hydrogens is 246 g/mol. The van der Waals surface area contributed by atoms with Gasteiger partial charge in [0.25, 0.3) is 0 Å². The van der Waals surface area contributed by atoms with Crippen LogP contribution in [0.5, 0.6) is 0 Å². The Bertz CT molecular complexity index is 359. The van der Waals surface area contributed by atoms with Crippen LogP contribution in [-0.4, -0.2) is 19.8 Å². The van der Waals surface area contributed by atoms with E-state index in [2.05, 4.69) is 42.6 Å². The zero-order valence-corrected chi connectivity index (χ0v) is 13.0. The van der Waals surface area contributed by atoms with Crippen LogP contribution in [0.25, 0.3) is 0 Å². The first kappa shape index (κ1) is 15.5. The quantitative estimate of drug-likeness (QED) is 0.800. The van der Waals surface area contributed by atoms with Gasteiger partial charge in [0.1, 0.15) is 0 Å². The van der Waals surface area contributed by atoms with Crippen LogP contribution in [0.4, 0.5) is 0 Å². The molecule has 2 rings (SSSR count). The lowest BCUT2D eigenvalue weighted by Gasteiger charge is -2.33. The largest absolute Gasteiger partial charge is 0.385 e. The van der Waals surface area contributed by atoms with Gasteiger partial charge in [0.05, 0.1) is 0 Å². The van der Waals surface area contributed by atoms with Gasteiger partial charge < -0.3 is 10.1 Å². The molecule has 1 aromatic carbocycles. The Labute approximate surface area is 123 Å². The fourth-order valence-corrected chi connectivity index (χ4v) is 3.32. The van der Waals surface area contributed by atoms with Crippen molar-refractivity contribution < 1.29 is 4.74 Å². The summed E-state index contributed by atoms with van der Waals surface area (Å²) in [6.07, 6.45) is 8.00. The normalized spacial score (nSPS) is 19.7. The van der Waals surface area contributed by atoms with Gasteiger partial charge in [-0.2, -0.15) is 0 Å². The van der Waals surface area contributed by atoms with Crippen molar-refractivity contribution in [3.05, 3.63) is 35.9 Å². The minimum Gasteiger partial charge on any atom is -0.385 e. The molecule has 20 heavy (non-hydrogen) atoms. The molecule has 1 saturated carbocycles. The van der Waals surface area contributed by atoms with Gasteiger partial charge in [0.15, 0.2) is 0 Å². The first-order chi connectivity index (χ1) is 9.81. The molecule has 0 bridgehead atoms. The summed E-state index contributed by atoms with van der Waals surface area (Å²) in [5.41, 5.74) is 1.45. The van der Waals surface area contributed by atoms with E-state index < -0.39 is 0 Å². The summed E-state index contributed by atoms with van der Waals surface area (Å²) in [7, 11) is 1.78. The molecule has 1 aliphatic rings. The minimum atomic E-state index is 0.502. The van der Waals surface area contributed by atoms with E-state index in [1.54, 1.807) is 7.11 Å². The second-order valence-electron chi connectivity index (χ2n) is 6.14. The van der Waals surface area contributed by atoms with Gasteiger partial charge in [-0.05, 0) is 37.7 Å². The van der Waals surface area contributed by atoms with Crippen LogP contribution in [0, 0.1) is 5.92 Å². The molecule has 0 saturated heterocycles. The SMILES string of the molecule is COCCC(C)NC(c1ccccc1)C1CCCCC1. The van der Waals surface area contributed by atoms with Crippen molar-refractivity contribution in [3.63, 3.8) is 0 Å². The molecule has 0 aliphatic heterocycles. The molecule has 0 amide bonds. The van der Waals surface area contributed by atoms with Crippen LogP contribution in [0.2, 0.25) is 0 Å². The first-order valence-corrected chi connectivity index (χ1v) is 8.11. The smallest absolute Gasteiger partial charge is 0.0476 e. The lowest BCUT2D eigenvalue weighted by molar-refractivity contribution is 0.175. The monoisotopic (exact) mass is 275 g/mol. The van der Waals surface area contributed by atoms with Gasteiger partial charge >= 0.3 is 0 Å². The number of hydrogen-bond acceptors (Lipinski definition) is 2. The predicted octanol–water partition coefficient (Wildman–Crippen LogP) is 4.32. The van der Waals surface area contributed by atoms with Crippen molar-refractivity contribution in [2.45, 2.75) is 57.5 Å². The molecule has 0 radical (unpaired) electrons. The van der Waals surface area contributed by atoms with Crippen LogP contribution in [0.1, 0.15) is 57.1 Å². The van der Waals surface area contributed by atoms with Crippen molar-refractivity contribution in [1.82, 2.24) is 5.32 Å². The third-order valence-corrected chi connectivity index (χ3v) is 4.50.